The summed E-state index contributed by atoms with van der Waals surface area (Å²) in [6, 6.07) is 0. The normalized spacial score (nSPS) is 14.5. The number of ether oxygens (including phenoxy) is 4. The smallest absolute Gasteiger partial charge is 0.462 e. The highest BCUT2D eigenvalue weighted by molar-refractivity contribution is 7.47. The third-order valence-corrected chi connectivity index (χ3v) is 20.2. The molecule has 0 saturated heterocycles. The van der Waals surface area contributed by atoms with Crippen LogP contribution < -0.4 is 0 Å². The number of carbonyl (C=O) groups is 4. The zero-order chi connectivity index (χ0) is 81.7. The molecule has 5 unspecified atom stereocenters. The van der Waals surface area contributed by atoms with Crippen molar-refractivity contribution >= 4 is 39.5 Å². The average Bonchev–Trinajstić information content (AvgIpc) is 0.898. The first kappa shape index (κ1) is 107. The third kappa shape index (κ3) is 82.9. The number of phosphoric acid groups is 2. The molecule has 0 bridgehead atoms. The zero-order valence-corrected chi connectivity index (χ0v) is 72.3. The molecule has 0 saturated carbocycles. The van der Waals surface area contributed by atoms with E-state index in [0.29, 0.717) is 25.7 Å². The van der Waals surface area contributed by atoms with Gasteiger partial charge >= 0.3 is 39.5 Å². The highest BCUT2D eigenvalue weighted by Gasteiger charge is 2.30. The maximum atomic E-state index is 13.2. The number of allylic oxidation sites excluding steroid dienone is 24. The fourth-order valence-electron chi connectivity index (χ4n) is 11.6. The highest BCUT2D eigenvalue weighted by Crippen LogP contribution is 2.45. The van der Waals surface area contributed by atoms with Gasteiger partial charge in [-0.2, -0.15) is 0 Å². The van der Waals surface area contributed by atoms with Crippen LogP contribution in [-0.2, 0) is 65.4 Å². The summed E-state index contributed by atoms with van der Waals surface area (Å²) in [6.45, 7) is 4.61. The van der Waals surface area contributed by atoms with Crippen molar-refractivity contribution in [3.63, 3.8) is 0 Å². The molecule has 642 valence electrons. The van der Waals surface area contributed by atoms with Crippen LogP contribution in [0.5, 0.6) is 0 Å². The number of hydrogen-bond donors (Lipinski definition) is 3. The van der Waals surface area contributed by atoms with Gasteiger partial charge < -0.3 is 33.8 Å². The van der Waals surface area contributed by atoms with Crippen molar-refractivity contribution in [2.45, 2.75) is 380 Å². The van der Waals surface area contributed by atoms with Crippen LogP contribution in [0.1, 0.15) is 362 Å². The molecule has 0 aliphatic heterocycles. The van der Waals surface area contributed by atoms with E-state index in [1.807, 2.05) is 0 Å². The minimum Gasteiger partial charge on any atom is -0.462 e. The minimum absolute atomic E-state index is 0.0712. The van der Waals surface area contributed by atoms with Crippen LogP contribution in [0.3, 0.4) is 0 Å². The van der Waals surface area contributed by atoms with Crippen molar-refractivity contribution in [1.29, 1.82) is 0 Å². The van der Waals surface area contributed by atoms with Crippen molar-refractivity contribution in [2.75, 3.05) is 39.6 Å². The predicted octanol–water partition coefficient (Wildman–Crippen LogP) is 26.6. The summed E-state index contributed by atoms with van der Waals surface area (Å²) in [6.07, 6.45) is 97.9. The lowest BCUT2D eigenvalue weighted by atomic mass is 10.1. The second-order valence-electron chi connectivity index (χ2n) is 29.1. The Kier molecular flexibility index (Phi) is 80.1. The van der Waals surface area contributed by atoms with E-state index in [9.17, 15) is 43.2 Å². The Morgan fingerprint density at radius 1 is 0.259 bits per heavy atom. The van der Waals surface area contributed by atoms with Gasteiger partial charge in [0.05, 0.1) is 26.4 Å². The number of aliphatic hydroxyl groups excluding tert-OH is 1. The second kappa shape index (κ2) is 83.9. The molecule has 0 aliphatic rings. The fraction of sp³-hybridized carbons (Fsp3) is 0.699. The van der Waals surface area contributed by atoms with Gasteiger partial charge in [-0.3, -0.25) is 37.3 Å². The maximum absolute atomic E-state index is 13.2. The molecule has 0 amide bonds. The van der Waals surface area contributed by atoms with E-state index in [0.717, 1.165) is 225 Å². The highest BCUT2D eigenvalue weighted by atomic mass is 31.2. The van der Waals surface area contributed by atoms with Crippen LogP contribution in [0.2, 0.25) is 0 Å². The van der Waals surface area contributed by atoms with E-state index in [1.165, 1.54) is 57.8 Å². The first-order chi connectivity index (χ1) is 54.7. The molecule has 0 aliphatic carbocycles. The lowest BCUT2D eigenvalue weighted by Gasteiger charge is -2.21. The van der Waals surface area contributed by atoms with E-state index in [-0.39, 0.29) is 25.7 Å². The second-order valence-corrected chi connectivity index (χ2v) is 32.0. The van der Waals surface area contributed by atoms with Gasteiger partial charge in [0.15, 0.2) is 12.2 Å². The molecule has 0 rings (SSSR count). The number of carbonyl (C=O) groups excluding carboxylic acids is 4. The topological polar surface area (TPSA) is 237 Å². The van der Waals surface area contributed by atoms with Crippen molar-refractivity contribution in [3.05, 3.63) is 146 Å². The first-order valence-corrected chi connectivity index (χ1v) is 47.1. The Morgan fingerprint density at radius 2 is 0.464 bits per heavy atom. The van der Waals surface area contributed by atoms with Gasteiger partial charge in [0, 0.05) is 25.7 Å². The number of unbranched alkanes of at least 4 members (excludes halogenated alkanes) is 32. The Morgan fingerprint density at radius 3 is 0.741 bits per heavy atom. The molecule has 19 heteroatoms. The van der Waals surface area contributed by atoms with Crippen LogP contribution in [0.15, 0.2) is 146 Å². The van der Waals surface area contributed by atoms with E-state index >= 15 is 0 Å². The number of rotatable bonds is 82. The van der Waals surface area contributed by atoms with E-state index < -0.39 is 97.5 Å². The summed E-state index contributed by atoms with van der Waals surface area (Å²) in [5.74, 6) is -2.22. The Labute approximate surface area is 681 Å². The Hall–Kier alpha value is -5.06. The first-order valence-electron chi connectivity index (χ1n) is 44.1. The SMILES string of the molecule is CC/C=C\C/C=C\C/C=C\C/C=C\CCCCCCCCC(=O)OCC(COP(=O)(O)OCC(O)COP(=O)(O)OCC(COC(=O)CCCCCCCC/C=C\C/C=C\C/C=C\CCCCC)OC(=O)CCCCCCC/C=C\CCCCCCCC)OC(=O)CCCCCCCC/C=C\C/C=C\C/C=C\C/C=C\CC. The molecule has 17 nitrogen and oxygen atoms in total. The van der Waals surface area contributed by atoms with Gasteiger partial charge in [-0.05, 0) is 167 Å². The molecule has 3 N–H and O–H groups in total. The average molecular weight is 1610 g/mol. The molecule has 0 fully saturated rings. The Balaban J connectivity index is 5.42. The quantitative estimate of drug-likeness (QED) is 0.0169. The van der Waals surface area contributed by atoms with Crippen molar-refractivity contribution in [3.8, 4) is 0 Å². The van der Waals surface area contributed by atoms with Crippen molar-refractivity contribution in [2.24, 2.45) is 0 Å². The summed E-state index contributed by atoms with van der Waals surface area (Å²) >= 11 is 0. The van der Waals surface area contributed by atoms with Crippen LogP contribution in [0, 0.1) is 0 Å². The number of aliphatic hydroxyl groups is 1. The molecule has 0 heterocycles. The van der Waals surface area contributed by atoms with Gasteiger partial charge in [0.1, 0.15) is 19.3 Å². The van der Waals surface area contributed by atoms with Gasteiger partial charge in [-0.15, -0.1) is 0 Å². The van der Waals surface area contributed by atoms with E-state index in [2.05, 4.69) is 174 Å². The lowest BCUT2D eigenvalue weighted by molar-refractivity contribution is -0.161. The van der Waals surface area contributed by atoms with E-state index in [4.69, 9.17) is 37.0 Å². The number of phosphoric ester groups is 2. The summed E-state index contributed by atoms with van der Waals surface area (Å²) in [5.41, 5.74) is 0. The van der Waals surface area contributed by atoms with Crippen LogP contribution >= 0.6 is 15.6 Å². The van der Waals surface area contributed by atoms with Gasteiger partial charge in [-0.1, -0.05) is 315 Å². The molecular formula is C93H158O17P2. The molecule has 0 aromatic carbocycles. The summed E-state index contributed by atoms with van der Waals surface area (Å²) in [5, 5.41) is 10.7. The van der Waals surface area contributed by atoms with Crippen LogP contribution in [0.25, 0.3) is 0 Å². The largest absolute Gasteiger partial charge is 0.472 e. The molecule has 0 radical (unpaired) electrons. The number of esters is 4. The standard InChI is InChI=1S/C93H158O17P2/c1-5-9-13-17-21-25-29-33-37-40-43-46-50-53-57-61-65-69-73-77-90(95)103-83-88(109-92(97)79-75-71-67-63-59-55-49-36-32-28-24-20-16-12-8-4)85-107-111(99,100)105-81-87(94)82-106-112(101,102)108-86-89(110-93(98)80-76-72-68-64-60-56-52-48-45-42-39-35-31-27-23-19-15-11-7-3)84-104-91(96)78-74-70-66-62-58-54-51-47-44-41-38-34-30-26-22-18-14-10-6-2/h10-11,14-15,21-23,25-27,33-39,43-49,87-89,94H,5-9,12-13,16-20,24,28-32,40-42,50-86H2,1-4H3,(H,99,100)(H,101,102)/b14-10-,15-11-,25-21-,26-22-,27-23-,37-33-,38-34-,39-35-,46-43-,47-44-,48-45-,49-36-. The molecule has 5 atom stereocenters. The molecular weight excluding hydrogens is 1450 g/mol. The summed E-state index contributed by atoms with van der Waals surface area (Å²) in [7, 11) is -9.99. The fourth-order valence-corrected chi connectivity index (χ4v) is 13.2. The monoisotopic (exact) mass is 1610 g/mol. The van der Waals surface area contributed by atoms with Gasteiger partial charge in [0.25, 0.3) is 0 Å². The molecule has 112 heavy (non-hydrogen) atoms. The van der Waals surface area contributed by atoms with Gasteiger partial charge in [-0.25, -0.2) is 9.13 Å². The minimum atomic E-state index is -5.00. The summed E-state index contributed by atoms with van der Waals surface area (Å²) < 4.78 is 68.9. The maximum Gasteiger partial charge on any atom is 0.472 e. The lowest BCUT2D eigenvalue weighted by Crippen LogP contribution is -2.30. The molecule has 0 aromatic rings. The van der Waals surface area contributed by atoms with Gasteiger partial charge in [0.2, 0.25) is 0 Å². The predicted molar refractivity (Wildman–Crippen MR) is 464 cm³/mol. The van der Waals surface area contributed by atoms with Crippen molar-refractivity contribution < 1.29 is 80.2 Å². The van der Waals surface area contributed by atoms with Crippen LogP contribution in [-0.4, -0.2) is 96.7 Å². The van der Waals surface area contributed by atoms with Crippen LogP contribution in [0.4, 0.5) is 0 Å². The summed E-state index contributed by atoms with van der Waals surface area (Å²) in [4.78, 5) is 73.4. The van der Waals surface area contributed by atoms with Crippen molar-refractivity contribution in [1.82, 2.24) is 0 Å². The zero-order valence-electron chi connectivity index (χ0n) is 70.6. The number of hydrogen-bond acceptors (Lipinski definition) is 15. The molecule has 0 spiro atoms. The third-order valence-electron chi connectivity index (χ3n) is 18.3. The Bertz CT molecular complexity index is 2690. The molecule has 0 aromatic heterocycles. The van der Waals surface area contributed by atoms with E-state index in [1.54, 1.807) is 0 Å².